The third kappa shape index (κ3) is 2.89. The van der Waals surface area contributed by atoms with Crippen LogP contribution in [0, 0.1) is 10.8 Å². The van der Waals surface area contributed by atoms with Crippen LogP contribution in [-0.2, 0) is 6.54 Å². The fraction of sp³-hybridized carbons (Fsp3) is 0.583. The van der Waals surface area contributed by atoms with Crippen molar-refractivity contribution >= 4 is 33.1 Å². The summed E-state index contributed by atoms with van der Waals surface area (Å²) in [5.74, 6) is 0.342. The molecule has 0 amide bonds. The Hall–Kier alpha value is -0.390. The second-order valence-electron chi connectivity index (χ2n) is 4.94. The van der Waals surface area contributed by atoms with Gasteiger partial charge in [0.2, 0.25) is 0 Å². The van der Waals surface area contributed by atoms with Crippen molar-refractivity contribution in [3.8, 4) is 0 Å². The van der Waals surface area contributed by atoms with Gasteiger partial charge in [0, 0.05) is 21.3 Å². The summed E-state index contributed by atoms with van der Waals surface area (Å²) in [6.07, 6.45) is 1.98. The van der Waals surface area contributed by atoms with Crippen molar-refractivity contribution in [3.63, 3.8) is 0 Å². The summed E-state index contributed by atoms with van der Waals surface area (Å²) >= 11 is 5.36. The van der Waals surface area contributed by atoms with Crippen molar-refractivity contribution in [2.45, 2.75) is 26.3 Å². The fourth-order valence-electron chi connectivity index (χ4n) is 2.12. The van der Waals surface area contributed by atoms with E-state index in [1.807, 2.05) is 0 Å². The van der Waals surface area contributed by atoms with Gasteiger partial charge in [-0.15, -0.1) is 11.3 Å². The van der Waals surface area contributed by atoms with Gasteiger partial charge in [0.1, 0.15) is 0 Å². The van der Waals surface area contributed by atoms with Crippen molar-refractivity contribution in [3.05, 3.63) is 20.8 Å². The van der Waals surface area contributed by atoms with Gasteiger partial charge in [-0.1, -0.05) is 6.92 Å². The van der Waals surface area contributed by atoms with E-state index in [4.69, 9.17) is 11.1 Å². The molecule has 1 fully saturated rings. The van der Waals surface area contributed by atoms with Crippen LogP contribution >= 0.6 is 27.3 Å². The molecule has 0 spiro atoms. The molecule has 3 N–H and O–H groups in total. The number of piperidine rings is 1. The highest BCUT2D eigenvalue weighted by Gasteiger charge is 2.32. The van der Waals surface area contributed by atoms with Crippen molar-refractivity contribution < 1.29 is 0 Å². The van der Waals surface area contributed by atoms with Crippen molar-refractivity contribution in [2.24, 2.45) is 11.1 Å². The van der Waals surface area contributed by atoms with E-state index in [1.54, 1.807) is 11.3 Å². The second-order valence-corrected chi connectivity index (χ2v) is 6.80. The first kappa shape index (κ1) is 13.1. The van der Waals surface area contributed by atoms with Crippen LogP contribution in [-0.4, -0.2) is 23.8 Å². The summed E-state index contributed by atoms with van der Waals surface area (Å²) in [6, 6.07) is 2.10. The van der Waals surface area contributed by atoms with Crippen LogP contribution in [0.25, 0.3) is 0 Å². The molecule has 94 valence electrons. The number of likely N-dealkylation sites (tertiary alicyclic amines) is 1. The lowest BCUT2D eigenvalue weighted by Gasteiger charge is -2.38. The highest BCUT2D eigenvalue weighted by atomic mass is 79.9. The molecule has 1 saturated heterocycles. The Morgan fingerprint density at radius 2 is 2.24 bits per heavy atom. The predicted octanol–water partition coefficient (Wildman–Crippen LogP) is 3.05. The Bertz CT molecular complexity index is 408. The Balaban J connectivity index is 1.92. The van der Waals surface area contributed by atoms with Crippen molar-refractivity contribution in [2.75, 3.05) is 13.1 Å². The molecule has 3 nitrogen and oxygen atoms in total. The molecule has 2 rings (SSSR count). The van der Waals surface area contributed by atoms with Crippen LogP contribution in [0.3, 0.4) is 0 Å². The van der Waals surface area contributed by atoms with Crippen LogP contribution in [0.1, 0.15) is 24.6 Å². The van der Waals surface area contributed by atoms with Gasteiger partial charge in [0.05, 0.1) is 5.84 Å². The van der Waals surface area contributed by atoms with E-state index in [0.717, 1.165) is 32.5 Å². The molecule has 17 heavy (non-hydrogen) atoms. The highest BCUT2D eigenvalue weighted by Crippen LogP contribution is 2.32. The third-order valence-corrected chi connectivity index (χ3v) is 5.58. The van der Waals surface area contributed by atoms with E-state index >= 15 is 0 Å². The molecule has 0 atom stereocenters. The maximum Gasteiger partial charge on any atom is 0.0966 e. The minimum absolute atomic E-state index is 0.0802. The summed E-state index contributed by atoms with van der Waals surface area (Å²) in [5.41, 5.74) is 5.59. The number of nitrogens with zero attached hydrogens (tertiary/aromatic N) is 1. The van der Waals surface area contributed by atoms with E-state index in [9.17, 15) is 0 Å². The molecule has 1 aliphatic rings. The number of rotatable bonds is 3. The van der Waals surface area contributed by atoms with E-state index in [-0.39, 0.29) is 5.41 Å². The van der Waals surface area contributed by atoms with Gasteiger partial charge in [0.15, 0.2) is 0 Å². The third-order valence-electron chi connectivity index (χ3n) is 3.67. The van der Waals surface area contributed by atoms with Crippen LogP contribution in [0.5, 0.6) is 0 Å². The molecule has 2 heterocycles. The summed E-state index contributed by atoms with van der Waals surface area (Å²) in [6.45, 7) is 5.17. The molecule has 1 aromatic heterocycles. The molecule has 0 aliphatic carbocycles. The van der Waals surface area contributed by atoms with Gasteiger partial charge in [-0.3, -0.25) is 10.3 Å². The van der Waals surface area contributed by atoms with Gasteiger partial charge >= 0.3 is 0 Å². The zero-order chi connectivity index (χ0) is 12.5. The number of hydrogen-bond acceptors (Lipinski definition) is 3. The molecule has 0 radical (unpaired) electrons. The van der Waals surface area contributed by atoms with Gasteiger partial charge in [-0.25, -0.2) is 0 Å². The number of halogens is 1. The first-order valence-corrected chi connectivity index (χ1v) is 7.47. The fourth-order valence-corrected chi connectivity index (χ4v) is 3.63. The maximum absolute atomic E-state index is 7.64. The van der Waals surface area contributed by atoms with Crippen LogP contribution in [0.15, 0.2) is 15.9 Å². The normalized spacial score (nSPS) is 20.4. The quantitative estimate of drug-likeness (QED) is 0.665. The van der Waals surface area contributed by atoms with E-state index in [2.05, 4.69) is 39.2 Å². The lowest BCUT2D eigenvalue weighted by Crippen LogP contribution is -2.44. The smallest absolute Gasteiger partial charge is 0.0966 e. The van der Waals surface area contributed by atoms with Crippen molar-refractivity contribution in [1.29, 1.82) is 5.41 Å². The van der Waals surface area contributed by atoms with Gasteiger partial charge < -0.3 is 5.73 Å². The Kier molecular flexibility index (Phi) is 3.90. The zero-order valence-corrected chi connectivity index (χ0v) is 12.4. The van der Waals surface area contributed by atoms with Crippen LogP contribution < -0.4 is 5.73 Å². The topological polar surface area (TPSA) is 53.1 Å². The molecule has 5 heteroatoms. The summed E-state index contributed by atoms with van der Waals surface area (Å²) in [5, 5.41) is 9.75. The van der Waals surface area contributed by atoms with Gasteiger partial charge in [-0.05, 0) is 53.3 Å². The number of nitrogens with two attached hydrogens (primary N) is 1. The number of hydrogen-bond donors (Lipinski definition) is 2. The Labute approximate surface area is 115 Å². The minimum atomic E-state index is -0.0802. The SMILES string of the molecule is CC1(C(=N)N)CCN(Cc2sccc2Br)CC1. The van der Waals surface area contributed by atoms with Crippen LogP contribution in [0.4, 0.5) is 0 Å². The van der Waals surface area contributed by atoms with Crippen LogP contribution in [0.2, 0.25) is 0 Å². The second kappa shape index (κ2) is 5.08. The average Bonchev–Trinajstić information content (AvgIpc) is 2.68. The lowest BCUT2D eigenvalue weighted by molar-refractivity contribution is 0.157. The molecule has 0 aromatic carbocycles. The lowest BCUT2D eigenvalue weighted by atomic mass is 9.79. The molecular weight excluding hydrogens is 298 g/mol. The zero-order valence-electron chi connectivity index (χ0n) is 10.0. The Morgan fingerprint density at radius 3 is 2.71 bits per heavy atom. The molecule has 0 saturated carbocycles. The van der Waals surface area contributed by atoms with Gasteiger partial charge in [-0.2, -0.15) is 0 Å². The number of thiophene rings is 1. The summed E-state index contributed by atoms with van der Waals surface area (Å²) in [7, 11) is 0. The monoisotopic (exact) mass is 315 g/mol. The standard InChI is InChI=1S/C12H18BrN3S/c1-12(11(14)15)3-5-16(6-4-12)8-10-9(13)2-7-17-10/h2,7H,3-6,8H2,1H3,(H3,14,15). The predicted molar refractivity (Wildman–Crippen MR) is 76.6 cm³/mol. The maximum atomic E-state index is 7.64. The molecule has 0 bridgehead atoms. The first-order valence-electron chi connectivity index (χ1n) is 5.80. The number of amidine groups is 1. The van der Waals surface area contributed by atoms with E-state index in [1.165, 1.54) is 9.35 Å². The Morgan fingerprint density at radius 1 is 1.59 bits per heavy atom. The molecule has 0 unspecified atom stereocenters. The van der Waals surface area contributed by atoms with E-state index in [0.29, 0.717) is 5.84 Å². The summed E-state index contributed by atoms with van der Waals surface area (Å²) < 4.78 is 1.21. The average molecular weight is 316 g/mol. The van der Waals surface area contributed by atoms with Gasteiger partial charge in [0.25, 0.3) is 0 Å². The highest BCUT2D eigenvalue weighted by molar-refractivity contribution is 9.10. The summed E-state index contributed by atoms with van der Waals surface area (Å²) in [4.78, 5) is 3.83. The largest absolute Gasteiger partial charge is 0.387 e. The minimum Gasteiger partial charge on any atom is -0.387 e. The van der Waals surface area contributed by atoms with E-state index < -0.39 is 0 Å². The first-order chi connectivity index (χ1) is 8.01. The van der Waals surface area contributed by atoms with Crippen molar-refractivity contribution in [1.82, 2.24) is 4.90 Å². The number of nitrogens with one attached hydrogen (secondary N) is 1. The molecule has 1 aromatic rings. The molecule has 1 aliphatic heterocycles. The molecular formula is C12H18BrN3S.